The predicted molar refractivity (Wildman–Crippen MR) is 41.5 cm³/mol. The van der Waals surface area contributed by atoms with Crippen molar-refractivity contribution in [3.05, 3.63) is 12.2 Å². The van der Waals surface area contributed by atoms with Crippen LogP contribution in [-0.4, -0.2) is 18.4 Å². The number of hydrogen-bond acceptors (Lipinski definition) is 3. The molecule has 0 aliphatic rings. The van der Waals surface area contributed by atoms with E-state index in [2.05, 4.69) is 0 Å². The zero-order valence-corrected chi connectivity index (χ0v) is 6.21. The van der Waals surface area contributed by atoms with Gasteiger partial charge in [-0.2, -0.15) is 0 Å². The van der Waals surface area contributed by atoms with E-state index in [1.54, 1.807) is 13.0 Å². The average molecular weight is 142 g/mol. The van der Waals surface area contributed by atoms with Gasteiger partial charge in [-0.25, -0.2) is 0 Å². The van der Waals surface area contributed by atoms with Crippen LogP contribution in [0.25, 0.3) is 0 Å². The summed E-state index contributed by atoms with van der Waals surface area (Å²) in [4.78, 5) is 10.9. The highest BCUT2D eigenvalue weighted by molar-refractivity contribution is 5.93. The summed E-state index contributed by atoms with van der Waals surface area (Å²) in [6.45, 7) is 2.25. The van der Waals surface area contributed by atoms with Gasteiger partial charge in [0.05, 0.1) is 6.04 Å². The molecular formula is C7H14N2O. The number of allylic oxidation sites excluding steroid dienone is 1. The largest absolute Gasteiger partial charge is 0.330 e. The summed E-state index contributed by atoms with van der Waals surface area (Å²) in [6, 6.07) is -0.416. The molecule has 3 nitrogen and oxygen atoms in total. The fraction of sp³-hybridized carbons (Fsp3) is 0.571. The fourth-order valence-corrected chi connectivity index (χ4v) is 0.610. The fourth-order valence-electron chi connectivity index (χ4n) is 0.610. The van der Waals surface area contributed by atoms with E-state index in [1.807, 2.05) is 0 Å². The minimum atomic E-state index is -0.416. The standard InChI is InChI=1S/C7H14N2O/c1-2-3-7(10)6(9)4-5-8/h2-3,6H,4-5,8-9H2,1H3. The highest BCUT2D eigenvalue weighted by Gasteiger charge is 2.07. The van der Waals surface area contributed by atoms with E-state index in [0.717, 1.165) is 0 Å². The van der Waals surface area contributed by atoms with Gasteiger partial charge >= 0.3 is 0 Å². The van der Waals surface area contributed by atoms with Crippen LogP contribution in [0.2, 0.25) is 0 Å². The van der Waals surface area contributed by atoms with Gasteiger partial charge in [0.15, 0.2) is 5.78 Å². The molecule has 0 aliphatic carbocycles. The van der Waals surface area contributed by atoms with Crippen LogP contribution in [-0.2, 0) is 4.79 Å². The summed E-state index contributed by atoms with van der Waals surface area (Å²) in [7, 11) is 0. The molecule has 1 atom stereocenters. The third-order valence-electron chi connectivity index (χ3n) is 1.17. The maximum Gasteiger partial charge on any atom is 0.172 e. The van der Waals surface area contributed by atoms with Crippen molar-refractivity contribution in [2.45, 2.75) is 19.4 Å². The Hall–Kier alpha value is -0.670. The van der Waals surface area contributed by atoms with Crippen LogP contribution in [0.1, 0.15) is 13.3 Å². The lowest BCUT2D eigenvalue weighted by Crippen LogP contribution is -2.31. The van der Waals surface area contributed by atoms with Crippen molar-refractivity contribution in [2.75, 3.05) is 6.54 Å². The van der Waals surface area contributed by atoms with Crippen LogP contribution in [0.15, 0.2) is 12.2 Å². The Balaban J connectivity index is 3.70. The molecule has 0 aromatic carbocycles. The molecule has 58 valence electrons. The normalized spacial score (nSPS) is 13.9. The monoisotopic (exact) mass is 142 g/mol. The van der Waals surface area contributed by atoms with Crippen LogP contribution in [0.3, 0.4) is 0 Å². The molecule has 3 heteroatoms. The summed E-state index contributed by atoms with van der Waals surface area (Å²) >= 11 is 0. The minimum absolute atomic E-state index is 0.0482. The molecule has 10 heavy (non-hydrogen) atoms. The van der Waals surface area contributed by atoms with Gasteiger partial charge in [0, 0.05) is 0 Å². The van der Waals surface area contributed by atoms with Gasteiger partial charge in [-0.05, 0) is 26.0 Å². The summed E-state index contributed by atoms with van der Waals surface area (Å²) < 4.78 is 0. The van der Waals surface area contributed by atoms with Crippen molar-refractivity contribution in [2.24, 2.45) is 11.5 Å². The Kier molecular flexibility index (Phi) is 4.80. The lowest BCUT2D eigenvalue weighted by Gasteiger charge is -2.03. The zero-order chi connectivity index (χ0) is 7.98. The Morgan fingerprint density at radius 1 is 1.70 bits per heavy atom. The summed E-state index contributed by atoms with van der Waals surface area (Å²) in [6.07, 6.45) is 3.71. The first kappa shape index (κ1) is 9.33. The highest BCUT2D eigenvalue weighted by atomic mass is 16.1. The lowest BCUT2D eigenvalue weighted by atomic mass is 10.1. The van der Waals surface area contributed by atoms with Crippen molar-refractivity contribution in [1.82, 2.24) is 0 Å². The number of hydrogen-bond donors (Lipinski definition) is 2. The third-order valence-corrected chi connectivity index (χ3v) is 1.17. The summed E-state index contributed by atoms with van der Waals surface area (Å²) in [5.41, 5.74) is 10.6. The van der Waals surface area contributed by atoms with Gasteiger partial charge in [0.25, 0.3) is 0 Å². The van der Waals surface area contributed by atoms with Gasteiger partial charge < -0.3 is 11.5 Å². The van der Waals surface area contributed by atoms with E-state index in [0.29, 0.717) is 13.0 Å². The summed E-state index contributed by atoms with van der Waals surface area (Å²) in [5.74, 6) is -0.0482. The molecule has 0 aromatic heterocycles. The molecule has 0 heterocycles. The molecule has 0 bridgehead atoms. The molecule has 0 fully saturated rings. The summed E-state index contributed by atoms with van der Waals surface area (Å²) in [5, 5.41) is 0. The van der Waals surface area contributed by atoms with E-state index in [1.165, 1.54) is 6.08 Å². The molecule has 0 amide bonds. The molecule has 4 N–H and O–H groups in total. The molecule has 0 spiro atoms. The quantitative estimate of drug-likeness (QED) is 0.534. The Morgan fingerprint density at radius 2 is 2.30 bits per heavy atom. The zero-order valence-electron chi connectivity index (χ0n) is 6.21. The topological polar surface area (TPSA) is 69.1 Å². The number of ketones is 1. The maximum absolute atomic E-state index is 10.9. The Bertz CT molecular complexity index is 132. The van der Waals surface area contributed by atoms with Crippen molar-refractivity contribution in [3.63, 3.8) is 0 Å². The van der Waals surface area contributed by atoms with Crippen molar-refractivity contribution in [1.29, 1.82) is 0 Å². The molecule has 0 saturated carbocycles. The lowest BCUT2D eigenvalue weighted by molar-refractivity contribution is -0.115. The molecule has 0 saturated heterocycles. The molecule has 0 aliphatic heterocycles. The predicted octanol–water partition coefficient (Wildman–Crippen LogP) is -0.192. The number of rotatable bonds is 4. The highest BCUT2D eigenvalue weighted by Crippen LogP contribution is 1.89. The first-order valence-corrected chi connectivity index (χ1v) is 3.34. The SMILES string of the molecule is CC=CC(=O)C(N)CCN. The van der Waals surface area contributed by atoms with E-state index in [4.69, 9.17) is 11.5 Å². The number of carbonyl (C=O) groups is 1. The van der Waals surface area contributed by atoms with Gasteiger partial charge in [0.2, 0.25) is 0 Å². The molecule has 0 aromatic rings. The van der Waals surface area contributed by atoms with Crippen molar-refractivity contribution < 1.29 is 4.79 Å². The molecule has 1 unspecified atom stereocenters. The Morgan fingerprint density at radius 3 is 2.70 bits per heavy atom. The molecule has 0 rings (SSSR count). The van der Waals surface area contributed by atoms with Crippen LogP contribution < -0.4 is 11.5 Å². The van der Waals surface area contributed by atoms with Crippen molar-refractivity contribution >= 4 is 5.78 Å². The number of nitrogens with two attached hydrogens (primary N) is 2. The molecular weight excluding hydrogens is 128 g/mol. The second kappa shape index (κ2) is 5.14. The Labute approximate surface area is 61.1 Å². The van der Waals surface area contributed by atoms with Gasteiger partial charge in [-0.3, -0.25) is 4.79 Å². The van der Waals surface area contributed by atoms with Gasteiger partial charge in [-0.1, -0.05) is 6.08 Å². The van der Waals surface area contributed by atoms with Crippen LogP contribution >= 0.6 is 0 Å². The van der Waals surface area contributed by atoms with Gasteiger partial charge in [-0.15, -0.1) is 0 Å². The average Bonchev–Trinajstić information content (AvgIpc) is 1.89. The second-order valence-corrected chi connectivity index (χ2v) is 2.09. The van der Waals surface area contributed by atoms with E-state index in [-0.39, 0.29) is 5.78 Å². The van der Waals surface area contributed by atoms with Crippen LogP contribution in [0, 0.1) is 0 Å². The second-order valence-electron chi connectivity index (χ2n) is 2.09. The third kappa shape index (κ3) is 3.37. The van der Waals surface area contributed by atoms with Crippen molar-refractivity contribution in [3.8, 4) is 0 Å². The van der Waals surface area contributed by atoms with Gasteiger partial charge in [0.1, 0.15) is 0 Å². The van der Waals surface area contributed by atoms with E-state index >= 15 is 0 Å². The van der Waals surface area contributed by atoms with E-state index < -0.39 is 6.04 Å². The molecule has 0 radical (unpaired) electrons. The number of carbonyl (C=O) groups excluding carboxylic acids is 1. The first-order chi connectivity index (χ1) is 4.72. The maximum atomic E-state index is 10.9. The van der Waals surface area contributed by atoms with Crippen LogP contribution in [0.5, 0.6) is 0 Å². The minimum Gasteiger partial charge on any atom is -0.330 e. The smallest absolute Gasteiger partial charge is 0.172 e. The van der Waals surface area contributed by atoms with E-state index in [9.17, 15) is 4.79 Å². The van der Waals surface area contributed by atoms with Crippen LogP contribution in [0.4, 0.5) is 0 Å². The first-order valence-electron chi connectivity index (χ1n) is 3.34.